The molecule has 0 aliphatic rings. The average Bonchev–Trinajstić information content (AvgIpc) is 2.64. The molecule has 0 saturated carbocycles. The molecule has 5 N–H and O–H groups in total. The Morgan fingerprint density at radius 3 is 2.74 bits per heavy atom. The fourth-order valence-electron chi connectivity index (χ4n) is 1.95. The van der Waals surface area contributed by atoms with Gasteiger partial charge in [0.1, 0.15) is 5.69 Å². The topological polar surface area (TPSA) is 118 Å². The van der Waals surface area contributed by atoms with Gasteiger partial charge in [-0.1, -0.05) is 6.07 Å². The van der Waals surface area contributed by atoms with E-state index >= 15 is 0 Å². The van der Waals surface area contributed by atoms with Gasteiger partial charge in [0.15, 0.2) is 5.75 Å². The maximum Gasteiger partial charge on any atom is 0.433 e. The third-order valence-electron chi connectivity index (χ3n) is 3.28. The summed E-state index contributed by atoms with van der Waals surface area (Å²) in [6.07, 6.45) is -5.79. The number of carbonyl (C=O) groups is 1. The molecule has 7 nitrogen and oxygen atoms in total. The van der Waals surface area contributed by atoms with E-state index in [4.69, 9.17) is 15.6 Å². The number of carbonyl (C=O) groups excluding carboxylic acids is 1. The molecule has 0 bridgehead atoms. The number of nitrogens with zero attached hydrogens (tertiary/aromatic N) is 1. The predicted octanol–water partition coefficient (Wildman–Crippen LogP) is 1.03. The first-order valence-corrected chi connectivity index (χ1v) is 7.69. The third kappa shape index (κ3) is 5.82. The van der Waals surface area contributed by atoms with Crippen LogP contribution in [0, 0.1) is 12.1 Å². The first-order chi connectivity index (χ1) is 12.7. The molecule has 1 heterocycles. The summed E-state index contributed by atoms with van der Waals surface area (Å²) in [5.41, 5.74) is 4.48. The third-order valence-corrected chi connectivity index (χ3v) is 3.28. The largest absolute Gasteiger partial charge is 0.433 e. The highest BCUT2D eigenvalue weighted by atomic mass is 19.4. The Kier molecular flexibility index (Phi) is 6.57. The summed E-state index contributed by atoms with van der Waals surface area (Å²) in [7, 11) is 0. The van der Waals surface area contributed by atoms with Crippen LogP contribution in [0.25, 0.3) is 0 Å². The number of ether oxygens (including phenoxy) is 1. The first-order valence-electron chi connectivity index (χ1n) is 7.69. The fraction of sp³-hybridized carbons (Fsp3) is 0.294. The molecule has 1 aromatic heterocycles. The van der Waals surface area contributed by atoms with Crippen LogP contribution in [0.5, 0.6) is 11.6 Å². The van der Waals surface area contributed by atoms with Gasteiger partial charge in [-0.2, -0.15) is 13.2 Å². The monoisotopic (exact) mass is 383 g/mol. The number of aliphatic hydroxyl groups is 2. The van der Waals surface area contributed by atoms with Crippen LogP contribution in [0.1, 0.15) is 21.6 Å². The number of halogens is 3. The highest BCUT2D eigenvalue weighted by molar-refractivity contribution is 5.94. The van der Waals surface area contributed by atoms with Crippen molar-refractivity contribution < 1.29 is 32.9 Å². The smallest absolute Gasteiger partial charge is 0.430 e. The minimum Gasteiger partial charge on any atom is -0.430 e. The Morgan fingerprint density at radius 1 is 1.37 bits per heavy atom. The number of pyridine rings is 1. The normalized spacial score (nSPS) is 12.2. The van der Waals surface area contributed by atoms with Crippen LogP contribution in [0.2, 0.25) is 0 Å². The van der Waals surface area contributed by atoms with Gasteiger partial charge in [-0.3, -0.25) is 4.79 Å². The number of nitrogens with two attached hydrogens (primary N) is 1. The number of aliphatic hydroxyl groups excluding tert-OH is 2. The van der Waals surface area contributed by atoms with Crippen LogP contribution in [0.15, 0.2) is 24.3 Å². The zero-order valence-electron chi connectivity index (χ0n) is 13.9. The molecule has 27 heavy (non-hydrogen) atoms. The number of aromatic nitrogens is 1. The SMILES string of the molecule is NCc1cc(Oc2c#ccc(C(=O)NC[C@@H](O)CO)c2)nc(C(F)(F)F)c1. The first kappa shape index (κ1) is 20.4. The molecule has 0 unspecified atom stereocenters. The van der Waals surface area contributed by atoms with Crippen LogP contribution in [-0.4, -0.2) is 40.4 Å². The summed E-state index contributed by atoms with van der Waals surface area (Å²) in [6, 6.07) is 9.58. The Hall–Kier alpha value is -2.87. The lowest BCUT2D eigenvalue weighted by atomic mass is 10.2. The van der Waals surface area contributed by atoms with Crippen LogP contribution < -0.4 is 15.8 Å². The number of hydrogen-bond donors (Lipinski definition) is 4. The van der Waals surface area contributed by atoms with Gasteiger partial charge >= 0.3 is 6.18 Å². The van der Waals surface area contributed by atoms with E-state index in [1.165, 1.54) is 18.2 Å². The van der Waals surface area contributed by atoms with Crippen LogP contribution in [-0.2, 0) is 12.7 Å². The molecule has 0 saturated heterocycles. The fourth-order valence-corrected chi connectivity index (χ4v) is 1.95. The van der Waals surface area contributed by atoms with Crippen molar-refractivity contribution in [3.8, 4) is 11.6 Å². The molecule has 144 valence electrons. The maximum absolute atomic E-state index is 12.9. The summed E-state index contributed by atoms with van der Waals surface area (Å²) in [4.78, 5) is 15.4. The molecule has 1 aromatic carbocycles. The highest BCUT2D eigenvalue weighted by Crippen LogP contribution is 2.31. The average molecular weight is 383 g/mol. The van der Waals surface area contributed by atoms with E-state index in [0.717, 1.165) is 6.07 Å². The molecule has 0 aliphatic carbocycles. The molecule has 2 rings (SSSR count). The predicted molar refractivity (Wildman–Crippen MR) is 86.7 cm³/mol. The summed E-state index contributed by atoms with van der Waals surface area (Å²) >= 11 is 0. The Morgan fingerprint density at radius 2 is 2.11 bits per heavy atom. The molecule has 1 amide bonds. The summed E-state index contributed by atoms with van der Waals surface area (Å²) in [5, 5.41) is 20.3. The zero-order valence-corrected chi connectivity index (χ0v) is 13.9. The second kappa shape index (κ2) is 8.68. The lowest BCUT2D eigenvalue weighted by Gasteiger charge is -2.11. The lowest BCUT2D eigenvalue weighted by Crippen LogP contribution is -2.33. The number of rotatable bonds is 7. The van der Waals surface area contributed by atoms with Gasteiger partial charge in [-0.25, -0.2) is 4.98 Å². The molecular weight excluding hydrogens is 367 g/mol. The van der Waals surface area contributed by atoms with Crippen LogP contribution >= 0.6 is 0 Å². The van der Waals surface area contributed by atoms with E-state index in [-0.39, 0.29) is 35.8 Å². The van der Waals surface area contributed by atoms with Gasteiger partial charge in [0.2, 0.25) is 5.88 Å². The maximum atomic E-state index is 12.9. The quantitative estimate of drug-likeness (QED) is 0.567. The van der Waals surface area contributed by atoms with Crippen molar-refractivity contribution in [3.05, 3.63) is 53.2 Å². The van der Waals surface area contributed by atoms with Gasteiger partial charge in [0.05, 0.1) is 18.3 Å². The van der Waals surface area contributed by atoms with Gasteiger partial charge in [-0.05, 0) is 17.7 Å². The van der Waals surface area contributed by atoms with E-state index in [1.54, 1.807) is 0 Å². The van der Waals surface area contributed by atoms with E-state index in [1.807, 2.05) is 0 Å². The van der Waals surface area contributed by atoms with Crippen molar-refractivity contribution in [1.82, 2.24) is 10.3 Å². The van der Waals surface area contributed by atoms with Crippen molar-refractivity contribution >= 4 is 5.91 Å². The standard InChI is InChI=1S/C17H16F3N3O4/c18-17(19,20)14-4-10(7-21)5-15(23-14)27-13-3-1-2-11(6-13)16(26)22-8-12(25)9-24/h2,4-6,12,24-25H,7-9,21H2,(H,22,26)/t12-/m1/s1. The summed E-state index contributed by atoms with van der Waals surface area (Å²) < 4.78 is 44.0. The molecule has 0 aliphatic heterocycles. The van der Waals surface area contributed by atoms with Gasteiger partial charge < -0.3 is 26.0 Å². The number of hydrogen-bond acceptors (Lipinski definition) is 6. The van der Waals surface area contributed by atoms with Gasteiger partial charge in [0.25, 0.3) is 5.91 Å². The number of alkyl halides is 3. The van der Waals surface area contributed by atoms with E-state index in [0.29, 0.717) is 0 Å². The van der Waals surface area contributed by atoms with Crippen LogP contribution in [0.3, 0.4) is 0 Å². The molecule has 0 fully saturated rings. The van der Waals surface area contributed by atoms with Crippen molar-refractivity contribution in [2.75, 3.05) is 13.2 Å². The second-order valence-electron chi connectivity index (χ2n) is 5.43. The van der Waals surface area contributed by atoms with Crippen molar-refractivity contribution in [1.29, 1.82) is 0 Å². The molecule has 10 heteroatoms. The van der Waals surface area contributed by atoms with Crippen molar-refractivity contribution in [3.63, 3.8) is 0 Å². The summed E-state index contributed by atoms with van der Waals surface area (Å²) in [6.45, 7) is -0.847. The molecule has 1 atom stereocenters. The van der Waals surface area contributed by atoms with E-state index in [2.05, 4.69) is 22.4 Å². The van der Waals surface area contributed by atoms with Crippen molar-refractivity contribution in [2.24, 2.45) is 5.73 Å². The second-order valence-corrected chi connectivity index (χ2v) is 5.43. The zero-order chi connectivity index (χ0) is 20.0. The summed E-state index contributed by atoms with van der Waals surface area (Å²) in [5.74, 6) is -1.04. The Labute approximate surface area is 152 Å². The minimum atomic E-state index is -4.67. The van der Waals surface area contributed by atoms with E-state index in [9.17, 15) is 23.1 Å². The number of amides is 1. The number of nitrogens with one attached hydrogen (secondary N) is 1. The van der Waals surface area contributed by atoms with Crippen molar-refractivity contribution in [2.45, 2.75) is 18.8 Å². The van der Waals surface area contributed by atoms with Gasteiger partial charge in [-0.15, -0.1) is 0 Å². The highest BCUT2D eigenvalue weighted by Gasteiger charge is 2.33. The Balaban J connectivity index is 2.19. The molecule has 0 radical (unpaired) electrons. The molecule has 0 spiro atoms. The Bertz CT molecular complexity index is 799. The van der Waals surface area contributed by atoms with E-state index < -0.39 is 30.5 Å². The van der Waals surface area contributed by atoms with Crippen LogP contribution in [0.4, 0.5) is 13.2 Å². The molecular formula is C17H16F3N3O4. The minimum absolute atomic E-state index is 0.0694. The van der Waals surface area contributed by atoms with Gasteiger partial charge in [0, 0.05) is 31.3 Å². The molecule has 2 aromatic rings. The lowest BCUT2D eigenvalue weighted by molar-refractivity contribution is -0.141.